The summed E-state index contributed by atoms with van der Waals surface area (Å²) in [5, 5.41) is 10.5. The number of urea groups is 1. The predicted molar refractivity (Wildman–Crippen MR) is 76.3 cm³/mol. The molecule has 2 rings (SSSR count). The van der Waals surface area contributed by atoms with E-state index in [-0.39, 0.29) is 18.7 Å². The van der Waals surface area contributed by atoms with Crippen molar-refractivity contribution < 1.29 is 19.5 Å². The number of carboxylic acids is 1. The van der Waals surface area contributed by atoms with Crippen molar-refractivity contribution in [3.63, 3.8) is 0 Å². The highest BCUT2D eigenvalue weighted by molar-refractivity contribution is 5.83. The number of hydroxylamine groups is 2. The molecule has 21 heavy (non-hydrogen) atoms. The molecule has 1 fully saturated rings. The van der Waals surface area contributed by atoms with Crippen LogP contribution >= 0.6 is 0 Å². The zero-order chi connectivity index (χ0) is 15.4. The standard InChI is InChI=1S/C15H20N2O4/c1-3-13(14(18)19)16-9-11(2)17(15(16)20)21-10-12-7-5-4-6-8-12/h4-8,11,13H,3,9-10H2,1-2H3,(H,18,19). The molecule has 1 aliphatic heterocycles. The van der Waals surface area contributed by atoms with Crippen LogP contribution in [0.1, 0.15) is 25.8 Å². The number of amides is 2. The quantitative estimate of drug-likeness (QED) is 0.871. The molecule has 1 aromatic carbocycles. The van der Waals surface area contributed by atoms with Crippen LogP contribution in [0.15, 0.2) is 30.3 Å². The van der Waals surface area contributed by atoms with Crippen LogP contribution in [0.4, 0.5) is 4.79 Å². The Labute approximate surface area is 123 Å². The lowest BCUT2D eigenvalue weighted by Crippen LogP contribution is -2.43. The Hall–Kier alpha value is -2.08. The van der Waals surface area contributed by atoms with Crippen molar-refractivity contribution >= 4 is 12.0 Å². The van der Waals surface area contributed by atoms with Crippen molar-refractivity contribution in [3.8, 4) is 0 Å². The molecule has 1 heterocycles. The highest BCUT2D eigenvalue weighted by atomic mass is 16.7. The minimum absolute atomic E-state index is 0.172. The number of rotatable bonds is 6. The summed E-state index contributed by atoms with van der Waals surface area (Å²) in [7, 11) is 0. The van der Waals surface area contributed by atoms with E-state index in [0.717, 1.165) is 5.56 Å². The Morgan fingerprint density at radius 1 is 1.43 bits per heavy atom. The summed E-state index contributed by atoms with van der Waals surface area (Å²) in [6.07, 6.45) is 0.375. The fraction of sp³-hybridized carbons (Fsp3) is 0.467. The minimum atomic E-state index is -0.983. The summed E-state index contributed by atoms with van der Waals surface area (Å²) in [5.74, 6) is -0.983. The molecule has 0 aromatic heterocycles. The summed E-state index contributed by atoms with van der Waals surface area (Å²) in [4.78, 5) is 30.4. The maximum absolute atomic E-state index is 12.3. The average Bonchev–Trinajstić information content (AvgIpc) is 2.74. The van der Waals surface area contributed by atoms with Crippen LogP contribution in [0.25, 0.3) is 0 Å². The maximum atomic E-state index is 12.3. The molecule has 0 radical (unpaired) electrons. The van der Waals surface area contributed by atoms with Crippen LogP contribution in [0, 0.1) is 0 Å². The van der Waals surface area contributed by atoms with Gasteiger partial charge in [0.05, 0.1) is 6.04 Å². The van der Waals surface area contributed by atoms with E-state index in [0.29, 0.717) is 13.0 Å². The van der Waals surface area contributed by atoms with Gasteiger partial charge in [0.1, 0.15) is 12.6 Å². The smallest absolute Gasteiger partial charge is 0.345 e. The van der Waals surface area contributed by atoms with Crippen LogP contribution < -0.4 is 0 Å². The Bertz CT molecular complexity index is 506. The molecule has 114 valence electrons. The summed E-state index contributed by atoms with van der Waals surface area (Å²) in [5.41, 5.74) is 0.959. The lowest BCUT2D eigenvalue weighted by atomic mass is 10.2. The van der Waals surface area contributed by atoms with Gasteiger partial charge in [-0.1, -0.05) is 37.3 Å². The number of carboxylic acid groups (broad SMARTS) is 1. The Morgan fingerprint density at radius 3 is 2.67 bits per heavy atom. The summed E-state index contributed by atoms with van der Waals surface area (Å²) in [6, 6.07) is 8.18. The molecule has 2 amide bonds. The van der Waals surface area contributed by atoms with Crippen molar-refractivity contribution in [3.05, 3.63) is 35.9 Å². The van der Waals surface area contributed by atoms with Crippen LogP contribution in [0.5, 0.6) is 0 Å². The Balaban J connectivity index is 2.01. The van der Waals surface area contributed by atoms with Gasteiger partial charge in [0.25, 0.3) is 0 Å². The van der Waals surface area contributed by atoms with E-state index < -0.39 is 12.0 Å². The van der Waals surface area contributed by atoms with E-state index in [9.17, 15) is 14.7 Å². The molecule has 2 atom stereocenters. The van der Waals surface area contributed by atoms with Gasteiger partial charge in [0.2, 0.25) is 0 Å². The zero-order valence-corrected chi connectivity index (χ0v) is 12.2. The first kappa shape index (κ1) is 15.3. The third kappa shape index (κ3) is 3.33. The molecule has 1 saturated heterocycles. The van der Waals surface area contributed by atoms with Crippen LogP contribution in [-0.4, -0.2) is 45.7 Å². The normalized spacial score (nSPS) is 19.9. The second-order valence-corrected chi connectivity index (χ2v) is 5.13. The van der Waals surface area contributed by atoms with Crippen LogP contribution in [0.3, 0.4) is 0 Å². The van der Waals surface area contributed by atoms with Crippen molar-refractivity contribution in [2.24, 2.45) is 0 Å². The van der Waals surface area contributed by atoms with E-state index in [1.165, 1.54) is 9.96 Å². The third-order valence-corrected chi connectivity index (χ3v) is 3.56. The van der Waals surface area contributed by atoms with E-state index >= 15 is 0 Å². The molecule has 6 heteroatoms. The first-order chi connectivity index (χ1) is 10.0. The number of benzene rings is 1. The van der Waals surface area contributed by atoms with E-state index in [2.05, 4.69) is 0 Å². The largest absolute Gasteiger partial charge is 0.480 e. The Morgan fingerprint density at radius 2 is 2.10 bits per heavy atom. The fourth-order valence-corrected chi connectivity index (χ4v) is 2.44. The molecule has 0 bridgehead atoms. The molecule has 1 aliphatic rings. The molecule has 0 aliphatic carbocycles. The SMILES string of the molecule is CCC(C(=O)O)N1CC(C)N(OCc2ccccc2)C1=O. The first-order valence-electron chi connectivity index (χ1n) is 7.04. The number of hydrogen-bond donors (Lipinski definition) is 1. The van der Waals surface area contributed by atoms with Crippen LogP contribution in [-0.2, 0) is 16.2 Å². The zero-order valence-electron chi connectivity index (χ0n) is 12.2. The van der Waals surface area contributed by atoms with Crippen molar-refractivity contribution in [2.75, 3.05) is 6.54 Å². The molecular weight excluding hydrogens is 272 g/mol. The van der Waals surface area contributed by atoms with E-state index in [4.69, 9.17) is 4.84 Å². The van der Waals surface area contributed by atoms with Gasteiger partial charge in [-0.3, -0.25) is 4.84 Å². The third-order valence-electron chi connectivity index (χ3n) is 3.56. The summed E-state index contributed by atoms with van der Waals surface area (Å²) in [6.45, 7) is 4.24. The van der Waals surface area contributed by atoms with Gasteiger partial charge in [-0.25, -0.2) is 9.59 Å². The number of nitrogens with zero attached hydrogens (tertiary/aromatic N) is 2. The average molecular weight is 292 g/mol. The molecule has 1 N–H and O–H groups in total. The summed E-state index contributed by atoms with van der Waals surface area (Å²) >= 11 is 0. The number of carbonyl (C=O) groups is 2. The van der Waals surface area contributed by atoms with Crippen molar-refractivity contribution in [2.45, 2.75) is 39.0 Å². The first-order valence-corrected chi connectivity index (χ1v) is 7.04. The molecule has 0 spiro atoms. The lowest BCUT2D eigenvalue weighted by molar-refractivity contribution is -0.143. The highest BCUT2D eigenvalue weighted by Gasteiger charge is 2.41. The molecule has 6 nitrogen and oxygen atoms in total. The maximum Gasteiger partial charge on any atom is 0.345 e. The van der Waals surface area contributed by atoms with E-state index in [1.54, 1.807) is 6.92 Å². The second kappa shape index (κ2) is 6.58. The van der Waals surface area contributed by atoms with Gasteiger partial charge in [-0.2, -0.15) is 5.06 Å². The number of aliphatic carboxylic acids is 1. The van der Waals surface area contributed by atoms with Gasteiger partial charge in [0, 0.05) is 6.54 Å². The van der Waals surface area contributed by atoms with Gasteiger partial charge in [-0.05, 0) is 18.9 Å². The van der Waals surface area contributed by atoms with Crippen molar-refractivity contribution in [1.29, 1.82) is 0 Å². The number of carbonyl (C=O) groups excluding carboxylic acids is 1. The van der Waals surface area contributed by atoms with E-state index in [1.807, 2.05) is 37.3 Å². The molecule has 2 unspecified atom stereocenters. The molecular formula is C15H20N2O4. The molecule has 0 saturated carbocycles. The van der Waals surface area contributed by atoms with Crippen LogP contribution in [0.2, 0.25) is 0 Å². The monoisotopic (exact) mass is 292 g/mol. The summed E-state index contributed by atoms with van der Waals surface area (Å²) < 4.78 is 0. The van der Waals surface area contributed by atoms with Gasteiger partial charge < -0.3 is 10.0 Å². The fourth-order valence-electron chi connectivity index (χ4n) is 2.44. The van der Waals surface area contributed by atoms with Gasteiger partial charge in [-0.15, -0.1) is 0 Å². The second-order valence-electron chi connectivity index (χ2n) is 5.13. The lowest BCUT2D eigenvalue weighted by Gasteiger charge is -2.23. The van der Waals surface area contributed by atoms with Gasteiger partial charge in [0.15, 0.2) is 0 Å². The molecule has 1 aromatic rings. The highest BCUT2D eigenvalue weighted by Crippen LogP contribution is 2.21. The van der Waals surface area contributed by atoms with Gasteiger partial charge >= 0.3 is 12.0 Å². The minimum Gasteiger partial charge on any atom is -0.480 e. The Kier molecular flexibility index (Phi) is 4.80. The van der Waals surface area contributed by atoms with Crippen molar-refractivity contribution in [1.82, 2.24) is 9.96 Å². The number of hydrogen-bond acceptors (Lipinski definition) is 3. The topological polar surface area (TPSA) is 70.1 Å². The predicted octanol–water partition coefficient (Wildman–Crippen LogP) is 2.11.